The summed E-state index contributed by atoms with van der Waals surface area (Å²) >= 11 is 0. The van der Waals surface area contributed by atoms with Gasteiger partial charge in [-0.15, -0.1) is 0 Å². The van der Waals surface area contributed by atoms with Crippen LogP contribution in [0.5, 0.6) is 0 Å². The highest BCUT2D eigenvalue weighted by molar-refractivity contribution is 5.79. The molecule has 0 aliphatic carbocycles. The molecule has 2 fully saturated rings. The van der Waals surface area contributed by atoms with Gasteiger partial charge in [0, 0.05) is 32.7 Å². The number of carbonyl (C=O) groups excluding carboxylic acids is 2. The van der Waals surface area contributed by atoms with Crippen molar-refractivity contribution < 1.29 is 14.3 Å². The van der Waals surface area contributed by atoms with Crippen LogP contribution in [0.1, 0.15) is 30.4 Å². The highest BCUT2D eigenvalue weighted by Crippen LogP contribution is 2.18. The zero-order chi connectivity index (χ0) is 15.4. The Labute approximate surface area is 130 Å². The molecular weight excluding hydrogens is 280 g/mol. The maximum Gasteiger partial charge on any atom is 0.225 e. The minimum Gasteiger partial charge on any atom is -0.381 e. The Kier molecular flexibility index (Phi) is 4.73. The van der Waals surface area contributed by atoms with E-state index in [1.54, 1.807) is 0 Å². The largest absolute Gasteiger partial charge is 0.381 e. The van der Waals surface area contributed by atoms with Gasteiger partial charge in [-0.1, -0.05) is 24.3 Å². The molecule has 3 rings (SSSR count). The van der Waals surface area contributed by atoms with Gasteiger partial charge in [0.05, 0.1) is 12.5 Å². The monoisotopic (exact) mass is 302 g/mol. The first kappa shape index (κ1) is 15.0. The van der Waals surface area contributed by atoms with Crippen LogP contribution in [-0.2, 0) is 27.4 Å². The second-order valence-corrected chi connectivity index (χ2v) is 5.97. The van der Waals surface area contributed by atoms with Gasteiger partial charge in [-0.2, -0.15) is 0 Å². The first-order valence-corrected chi connectivity index (χ1v) is 7.94. The predicted molar refractivity (Wildman–Crippen MR) is 81.9 cm³/mol. The summed E-state index contributed by atoms with van der Waals surface area (Å²) in [7, 11) is 0. The highest BCUT2D eigenvalue weighted by Gasteiger charge is 2.24. The van der Waals surface area contributed by atoms with E-state index in [0.29, 0.717) is 32.7 Å². The van der Waals surface area contributed by atoms with Crippen molar-refractivity contribution in [3.63, 3.8) is 0 Å². The molecule has 22 heavy (non-hydrogen) atoms. The Morgan fingerprint density at radius 3 is 2.82 bits per heavy atom. The van der Waals surface area contributed by atoms with Crippen LogP contribution in [0.3, 0.4) is 0 Å². The lowest BCUT2D eigenvalue weighted by molar-refractivity contribution is -0.128. The maximum absolute atomic E-state index is 12.1. The molecule has 0 bridgehead atoms. The topological polar surface area (TPSA) is 58.6 Å². The molecular formula is C17H22N2O3. The number of ether oxygens (including phenoxy) is 1. The van der Waals surface area contributed by atoms with E-state index in [9.17, 15) is 9.59 Å². The molecule has 1 aromatic carbocycles. The van der Waals surface area contributed by atoms with Crippen LogP contribution in [0.2, 0.25) is 0 Å². The Hall–Kier alpha value is -1.88. The molecule has 1 N–H and O–H groups in total. The SMILES string of the molecule is O=C(NCc1ccccc1CN1CCCC1=O)[C@@H]1CCOC1. The second-order valence-electron chi connectivity index (χ2n) is 5.97. The van der Waals surface area contributed by atoms with Crippen molar-refractivity contribution in [3.8, 4) is 0 Å². The first-order valence-electron chi connectivity index (χ1n) is 7.94. The van der Waals surface area contributed by atoms with Crippen LogP contribution >= 0.6 is 0 Å². The molecule has 0 saturated carbocycles. The fraction of sp³-hybridized carbons (Fsp3) is 0.529. The number of nitrogens with one attached hydrogen (secondary N) is 1. The number of benzene rings is 1. The van der Waals surface area contributed by atoms with Crippen molar-refractivity contribution in [1.82, 2.24) is 10.2 Å². The summed E-state index contributed by atoms with van der Waals surface area (Å²) < 4.78 is 5.25. The summed E-state index contributed by atoms with van der Waals surface area (Å²) in [6, 6.07) is 7.99. The molecule has 0 unspecified atom stereocenters. The minimum absolute atomic E-state index is 0.0210. The lowest BCUT2D eigenvalue weighted by Crippen LogP contribution is -2.31. The number of nitrogens with zero attached hydrogens (tertiary/aromatic N) is 1. The van der Waals surface area contributed by atoms with Crippen molar-refractivity contribution in [2.75, 3.05) is 19.8 Å². The van der Waals surface area contributed by atoms with Crippen molar-refractivity contribution in [2.45, 2.75) is 32.4 Å². The summed E-state index contributed by atoms with van der Waals surface area (Å²) in [6.07, 6.45) is 2.40. The molecule has 1 aromatic rings. The van der Waals surface area contributed by atoms with Gasteiger partial charge >= 0.3 is 0 Å². The Bertz CT molecular complexity index is 553. The smallest absolute Gasteiger partial charge is 0.225 e. The number of amides is 2. The van der Waals surface area contributed by atoms with E-state index < -0.39 is 0 Å². The molecule has 2 aliphatic rings. The molecule has 0 aromatic heterocycles. The van der Waals surface area contributed by atoms with Crippen LogP contribution in [0.15, 0.2) is 24.3 Å². The van der Waals surface area contributed by atoms with E-state index in [2.05, 4.69) is 5.32 Å². The van der Waals surface area contributed by atoms with Crippen molar-refractivity contribution in [3.05, 3.63) is 35.4 Å². The predicted octanol–water partition coefficient (Wildman–Crippen LogP) is 1.46. The normalized spacial score (nSPS) is 21.4. The van der Waals surface area contributed by atoms with Crippen LogP contribution in [0, 0.1) is 5.92 Å². The van der Waals surface area contributed by atoms with E-state index in [1.807, 2.05) is 29.2 Å². The third kappa shape index (κ3) is 3.47. The standard InChI is InChI=1S/C17H22N2O3/c20-16-6-3-8-19(16)11-14-5-2-1-4-13(14)10-18-17(21)15-7-9-22-12-15/h1-2,4-5,15H,3,6-12H2,(H,18,21)/t15-/m1/s1. The number of likely N-dealkylation sites (tertiary alicyclic amines) is 1. The Morgan fingerprint density at radius 1 is 1.32 bits per heavy atom. The summed E-state index contributed by atoms with van der Waals surface area (Å²) in [5.74, 6) is 0.263. The van der Waals surface area contributed by atoms with Crippen LogP contribution < -0.4 is 5.32 Å². The average molecular weight is 302 g/mol. The fourth-order valence-corrected chi connectivity index (χ4v) is 3.03. The zero-order valence-electron chi connectivity index (χ0n) is 12.7. The van der Waals surface area contributed by atoms with Gasteiger partial charge in [0.1, 0.15) is 0 Å². The van der Waals surface area contributed by atoms with Crippen molar-refractivity contribution >= 4 is 11.8 Å². The molecule has 2 saturated heterocycles. The molecule has 1 atom stereocenters. The summed E-state index contributed by atoms with van der Waals surface area (Å²) in [5.41, 5.74) is 2.19. The Balaban J connectivity index is 1.60. The fourth-order valence-electron chi connectivity index (χ4n) is 3.03. The van der Waals surface area contributed by atoms with Crippen LogP contribution in [-0.4, -0.2) is 36.5 Å². The number of rotatable bonds is 5. The van der Waals surface area contributed by atoms with E-state index in [1.165, 1.54) is 0 Å². The number of hydrogen-bond acceptors (Lipinski definition) is 3. The van der Waals surface area contributed by atoms with Gasteiger partial charge in [-0.25, -0.2) is 0 Å². The third-order valence-electron chi connectivity index (χ3n) is 4.40. The molecule has 0 radical (unpaired) electrons. The van der Waals surface area contributed by atoms with Crippen LogP contribution in [0.4, 0.5) is 0 Å². The number of hydrogen-bond donors (Lipinski definition) is 1. The Morgan fingerprint density at radius 2 is 2.14 bits per heavy atom. The lowest BCUT2D eigenvalue weighted by atomic mass is 10.1. The molecule has 5 heteroatoms. The van der Waals surface area contributed by atoms with Gasteiger partial charge in [-0.05, 0) is 24.0 Å². The van der Waals surface area contributed by atoms with E-state index >= 15 is 0 Å². The molecule has 0 spiro atoms. The zero-order valence-corrected chi connectivity index (χ0v) is 12.7. The average Bonchev–Trinajstić information content (AvgIpc) is 3.19. The van der Waals surface area contributed by atoms with Gasteiger partial charge in [0.2, 0.25) is 11.8 Å². The van der Waals surface area contributed by atoms with Crippen molar-refractivity contribution in [2.24, 2.45) is 5.92 Å². The van der Waals surface area contributed by atoms with Crippen molar-refractivity contribution in [1.29, 1.82) is 0 Å². The molecule has 5 nitrogen and oxygen atoms in total. The van der Waals surface area contributed by atoms with Gasteiger partial charge in [-0.3, -0.25) is 9.59 Å². The summed E-state index contributed by atoms with van der Waals surface area (Å²) in [4.78, 5) is 25.7. The lowest BCUT2D eigenvalue weighted by Gasteiger charge is -2.18. The van der Waals surface area contributed by atoms with Gasteiger partial charge < -0.3 is 15.0 Å². The quantitative estimate of drug-likeness (QED) is 0.896. The molecule has 2 aliphatic heterocycles. The van der Waals surface area contributed by atoms with E-state index in [4.69, 9.17) is 4.74 Å². The first-order chi connectivity index (χ1) is 10.7. The van der Waals surface area contributed by atoms with E-state index in [-0.39, 0.29) is 17.7 Å². The molecule has 2 heterocycles. The van der Waals surface area contributed by atoms with Gasteiger partial charge in [0.25, 0.3) is 0 Å². The van der Waals surface area contributed by atoms with E-state index in [0.717, 1.165) is 30.5 Å². The molecule has 2 amide bonds. The number of carbonyl (C=O) groups is 2. The third-order valence-corrected chi connectivity index (χ3v) is 4.40. The molecule has 118 valence electrons. The summed E-state index contributed by atoms with van der Waals surface area (Å²) in [5, 5.41) is 3.00. The maximum atomic E-state index is 12.1. The summed E-state index contributed by atoms with van der Waals surface area (Å²) in [6.45, 7) is 3.17. The second kappa shape index (κ2) is 6.92. The van der Waals surface area contributed by atoms with Gasteiger partial charge in [0.15, 0.2) is 0 Å². The minimum atomic E-state index is -0.0210. The highest BCUT2D eigenvalue weighted by atomic mass is 16.5. The van der Waals surface area contributed by atoms with Crippen LogP contribution in [0.25, 0.3) is 0 Å².